The van der Waals surface area contributed by atoms with E-state index < -0.39 is 5.97 Å². The van der Waals surface area contributed by atoms with E-state index in [1.165, 1.54) is 0 Å². The van der Waals surface area contributed by atoms with Crippen molar-refractivity contribution in [3.05, 3.63) is 17.5 Å². The number of aromatic amines is 1. The number of aliphatic carboxylic acids is 1. The third-order valence-corrected chi connectivity index (χ3v) is 3.20. The maximum atomic E-state index is 10.5. The van der Waals surface area contributed by atoms with Crippen LogP contribution in [-0.4, -0.2) is 42.2 Å². The molecule has 19 heavy (non-hydrogen) atoms. The molecule has 0 radical (unpaired) electrons. The molecule has 0 aromatic carbocycles. The quantitative estimate of drug-likeness (QED) is 0.795. The molecular weight excluding hydrogens is 266 g/mol. The molecule has 0 atom stereocenters. The van der Waals surface area contributed by atoms with Crippen molar-refractivity contribution in [1.82, 2.24) is 25.4 Å². The van der Waals surface area contributed by atoms with Crippen molar-refractivity contribution in [3.63, 3.8) is 0 Å². The van der Waals surface area contributed by atoms with Gasteiger partial charge in [0, 0.05) is 5.56 Å². The van der Waals surface area contributed by atoms with Crippen molar-refractivity contribution < 1.29 is 9.90 Å². The van der Waals surface area contributed by atoms with Crippen LogP contribution < -0.4 is 0 Å². The molecule has 7 nitrogen and oxygen atoms in total. The van der Waals surface area contributed by atoms with Gasteiger partial charge in [0.1, 0.15) is 0 Å². The first-order valence-corrected chi connectivity index (χ1v) is 6.69. The molecule has 0 aliphatic carbocycles. The van der Waals surface area contributed by atoms with Gasteiger partial charge < -0.3 is 5.11 Å². The minimum atomic E-state index is -0.896. The minimum Gasteiger partial charge on any atom is -0.481 e. The Labute approximate surface area is 113 Å². The van der Waals surface area contributed by atoms with Crippen LogP contribution in [0.25, 0.3) is 11.4 Å². The second-order valence-corrected chi connectivity index (χ2v) is 4.79. The van der Waals surface area contributed by atoms with Crippen LogP contribution in [-0.2, 0) is 11.2 Å². The highest BCUT2D eigenvalue weighted by molar-refractivity contribution is 7.99. The summed E-state index contributed by atoms with van der Waals surface area (Å²) in [6.45, 7) is 3.84. The van der Waals surface area contributed by atoms with Crippen LogP contribution in [0.2, 0.25) is 0 Å². The Kier molecular flexibility index (Phi) is 4.10. The van der Waals surface area contributed by atoms with Gasteiger partial charge >= 0.3 is 5.97 Å². The predicted octanol–water partition coefficient (Wildman–Crippen LogP) is 1.31. The monoisotopic (exact) mass is 279 g/mol. The van der Waals surface area contributed by atoms with Crippen LogP contribution in [0.4, 0.5) is 0 Å². The summed E-state index contributed by atoms with van der Waals surface area (Å²) in [6, 6.07) is 1.89. The zero-order valence-corrected chi connectivity index (χ0v) is 11.4. The smallest absolute Gasteiger partial charge is 0.313 e. The predicted molar refractivity (Wildman–Crippen MR) is 69.9 cm³/mol. The Morgan fingerprint density at radius 1 is 1.47 bits per heavy atom. The van der Waals surface area contributed by atoms with Gasteiger partial charge in [-0.3, -0.25) is 9.89 Å². The fourth-order valence-corrected chi connectivity index (χ4v) is 2.06. The molecule has 0 saturated carbocycles. The summed E-state index contributed by atoms with van der Waals surface area (Å²) in [5, 5.41) is 23.9. The lowest BCUT2D eigenvalue weighted by Crippen LogP contribution is -1.99. The molecule has 8 heteroatoms. The molecule has 0 bridgehead atoms. The van der Waals surface area contributed by atoms with Crippen LogP contribution >= 0.6 is 11.8 Å². The molecule has 2 aromatic rings. The first-order chi connectivity index (χ1) is 9.10. The van der Waals surface area contributed by atoms with E-state index >= 15 is 0 Å². The number of carboxylic acids is 1. The normalized spacial score (nSPS) is 10.6. The highest BCUT2D eigenvalue weighted by Crippen LogP contribution is 2.22. The van der Waals surface area contributed by atoms with E-state index in [-0.39, 0.29) is 5.75 Å². The highest BCUT2D eigenvalue weighted by Gasteiger charge is 2.12. The number of H-pyrrole nitrogens is 1. The van der Waals surface area contributed by atoms with Crippen molar-refractivity contribution in [2.75, 3.05) is 5.75 Å². The first kappa shape index (κ1) is 13.5. The van der Waals surface area contributed by atoms with E-state index in [0.29, 0.717) is 11.0 Å². The van der Waals surface area contributed by atoms with Gasteiger partial charge in [-0.1, -0.05) is 18.7 Å². The first-order valence-electron chi connectivity index (χ1n) is 5.70. The number of thioether (sulfide) groups is 1. The number of nitrogens with one attached hydrogen (secondary N) is 1. The molecule has 2 aromatic heterocycles. The molecule has 2 heterocycles. The number of aryl methyl sites for hydroxylation is 2. The molecule has 2 rings (SSSR count). The number of rotatable bonds is 5. The minimum absolute atomic E-state index is 0.0639. The highest BCUT2D eigenvalue weighted by atomic mass is 32.2. The third-order valence-electron chi connectivity index (χ3n) is 2.37. The number of hydrogen-bond donors (Lipinski definition) is 2. The van der Waals surface area contributed by atoms with Gasteiger partial charge in [-0.15, -0.1) is 5.10 Å². The zero-order chi connectivity index (χ0) is 13.8. The van der Waals surface area contributed by atoms with Crippen LogP contribution in [0.3, 0.4) is 0 Å². The number of carboxylic acid groups (broad SMARTS) is 1. The lowest BCUT2D eigenvalue weighted by atomic mass is 10.1. The van der Waals surface area contributed by atoms with Crippen molar-refractivity contribution in [3.8, 4) is 11.4 Å². The van der Waals surface area contributed by atoms with E-state index in [1.54, 1.807) is 0 Å². The van der Waals surface area contributed by atoms with Crippen molar-refractivity contribution >= 4 is 17.7 Å². The van der Waals surface area contributed by atoms with Crippen LogP contribution in [0, 0.1) is 6.92 Å². The van der Waals surface area contributed by atoms with Gasteiger partial charge in [-0.25, -0.2) is 4.98 Å². The number of carbonyl (C=O) groups is 1. The summed E-state index contributed by atoms with van der Waals surface area (Å²) in [7, 11) is 0. The SMILES string of the molecule is CCc1nnc(C)cc1-c1nc(SCC(=O)O)n[nH]1. The second kappa shape index (κ2) is 5.79. The summed E-state index contributed by atoms with van der Waals surface area (Å²) in [6.07, 6.45) is 0.737. The Hall–Kier alpha value is -1.96. The van der Waals surface area contributed by atoms with Gasteiger partial charge in [0.25, 0.3) is 0 Å². The summed E-state index contributed by atoms with van der Waals surface area (Å²) >= 11 is 1.07. The molecule has 0 aliphatic heterocycles. The third kappa shape index (κ3) is 3.28. The molecule has 100 valence electrons. The van der Waals surface area contributed by atoms with Gasteiger partial charge in [0.15, 0.2) is 5.82 Å². The molecule has 0 saturated heterocycles. The lowest BCUT2D eigenvalue weighted by Gasteiger charge is -2.03. The zero-order valence-electron chi connectivity index (χ0n) is 10.5. The van der Waals surface area contributed by atoms with Gasteiger partial charge in [0.05, 0.1) is 17.1 Å². The maximum Gasteiger partial charge on any atom is 0.313 e. The van der Waals surface area contributed by atoms with Gasteiger partial charge in [-0.05, 0) is 19.4 Å². The molecule has 0 spiro atoms. The Morgan fingerprint density at radius 2 is 2.26 bits per heavy atom. The average molecular weight is 279 g/mol. The standard InChI is InChI=1S/C11H13N5O2S/c1-3-8-7(4-6(2)13-14-8)10-12-11(16-15-10)19-5-9(17)18/h4H,3,5H2,1-2H3,(H,17,18)(H,12,15,16). The Bertz CT molecular complexity index is 599. The van der Waals surface area contributed by atoms with Crippen molar-refractivity contribution in [1.29, 1.82) is 0 Å². The largest absolute Gasteiger partial charge is 0.481 e. The summed E-state index contributed by atoms with van der Waals surface area (Å²) in [5.41, 5.74) is 2.48. The molecule has 0 fully saturated rings. The average Bonchev–Trinajstić information content (AvgIpc) is 2.85. The molecule has 0 amide bonds. The van der Waals surface area contributed by atoms with E-state index in [4.69, 9.17) is 5.11 Å². The Morgan fingerprint density at radius 3 is 2.95 bits per heavy atom. The van der Waals surface area contributed by atoms with E-state index in [9.17, 15) is 4.79 Å². The van der Waals surface area contributed by atoms with E-state index in [0.717, 1.165) is 35.1 Å². The summed E-state index contributed by atoms with van der Waals surface area (Å²) in [4.78, 5) is 14.8. The molecule has 0 unspecified atom stereocenters. The molecular formula is C11H13N5O2S. The second-order valence-electron chi connectivity index (χ2n) is 3.85. The molecule has 0 aliphatic rings. The number of nitrogens with zero attached hydrogens (tertiary/aromatic N) is 4. The van der Waals surface area contributed by atoms with Gasteiger partial charge in [0.2, 0.25) is 5.16 Å². The fraction of sp³-hybridized carbons (Fsp3) is 0.364. The number of hydrogen-bond acceptors (Lipinski definition) is 6. The lowest BCUT2D eigenvalue weighted by molar-refractivity contribution is -0.133. The summed E-state index contributed by atoms with van der Waals surface area (Å²) in [5.74, 6) is -0.374. The Balaban J connectivity index is 2.27. The van der Waals surface area contributed by atoms with Crippen LogP contribution in [0.5, 0.6) is 0 Å². The fourth-order valence-electron chi connectivity index (χ4n) is 1.54. The maximum absolute atomic E-state index is 10.5. The van der Waals surface area contributed by atoms with Crippen molar-refractivity contribution in [2.45, 2.75) is 25.4 Å². The topological polar surface area (TPSA) is 105 Å². The van der Waals surface area contributed by atoms with Crippen LogP contribution in [0.15, 0.2) is 11.2 Å². The van der Waals surface area contributed by atoms with Crippen LogP contribution in [0.1, 0.15) is 18.3 Å². The van der Waals surface area contributed by atoms with E-state index in [2.05, 4.69) is 25.4 Å². The van der Waals surface area contributed by atoms with Gasteiger partial charge in [-0.2, -0.15) is 10.2 Å². The summed E-state index contributed by atoms with van der Waals surface area (Å²) < 4.78 is 0. The van der Waals surface area contributed by atoms with E-state index in [1.807, 2.05) is 19.9 Å². The molecule has 2 N–H and O–H groups in total. The number of aromatic nitrogens is 5. The van der Waals surface area contributed by atoms with Crippen molar-refractivity contribution in [2.24, 2.45) is 0 Å².